The smallest absolute Gasteiger partial charge is 0.271 e. The van der Waals surface area contributed by atoms with E-state index in [-0.39, 0.29) is 11.7 Å². The minimum Gasteiger partial charge on any atom is -0.399 e. The van der Waals surface area contributed by atoms with Gasteiger partial charge in [0, 0.05) is 11.3 Å². The highest BCUT2D eigenvalue weighted by atomic mass is 35.5. The lowest BCUT2D eigenvalue weighted by molar-refractivity contribution is 0.0955. The van der Waals surface area contributed by atoms with E-state index in [1.54, 1.807) is 43.3 Å². The van der Waals surface area contributed by atoms with Gasteiger partial charge in [0.05, 0.1) is 23.2 Å². The molecule has 0 bridgehead atoms. The summed E-state index contributed by atoms with van der Waals surface area (Å²) in [6, 6.07) is 12.2. The van der Waals surface area contributed by atoms with Crippen LogP contribution in [-0.4, -0.2) is 21.9 Å². The maximum Gasteiger partial charge on any atom is 0.271 e. The third-order valence-electron chi connectivity index (χ3n) is 3.65. The molecular weight excluding hydrogens is 357 g/mol. The molecule has 1 heterocycles. The molecule has 0 saturated carbocycles. The summed E-state index contributed by atoms with van der Waals surface area (Å²) in [6.45, 7) is 1.76. The number of carbonyl (C=O) groups excluding carboxylic acids is 1. The van der Waals surface area contributed by atoms with Crippen molar-refractivity contribution in [1.82, 2.24) is 15.2 Å². The van der Waals surface area contributed by atoms with Gasteiger partial charge in [-0.2, -0.15) is 10.2 Å². The number of hydrogen-bond donors (Lipinski definition) is 2. The number of rotatable bonds is 4. The molecule has 1 amide bonds. The fourth-order valence-corrected chi connectivity index (χ4v) is 2.59. The van der Waals surface area contributed by atoms with E-state index in [2.05, 4.69) is 15.6 Å². The Morgan fingerprint density at radius 3 is 2.54 bits per heavy atom. The van der Waals surface area contributed by atoms with Crippen LogP contribution in [0.4, 0.5) is 10.1 Å². The van der Waals surface area contributed by atoms with Gasteiger partial charge in [-0.15, -0.1) is 0 Å². The molecule has 0 radical (unpaired) electrons. The summed E-state index contributed by atoms with van der Waals surface area (Å²) in [6.07, 6.45) is 1.42. The van der Waals surface area contributed by atoms with Crippen molar-refractivity contribution in [2.45, 2.75) is 6.92 Å². The van der Waals surface area contributed by atoms with Crippen LogP contribution in [0.2, 0.25) is 5.15 Å². The molecule has 0 unspecified atom stereocenters. The number of aryl methyl sites for hydroxylation is 1. The average Bonchev–Trinajstić information content (AvgIpc) is 2.91. The van der Waals surface area contributed by atoms with Crippen molar-refractivity contribution in [3.05, 3.63) is 76.3 Å². The van der Waals surface area contributed by atoms with Crippen LogP contribution in [-0.2, 0) is 0 Å². The van der Waals surface area contributed by atoms with E-state index in [1.807, 2.05) is 0 Å². The van der Waals surface area contributed by atoms with Gasteiger partial charge in [0.25, 0.3) is 5.91 Å². The van der Waals surface area contributed by atoms with E-state index < -0.39 is 0 Å². The highest BCUT2D eigenvalue weighted by Crippen LogP contribution is 2.22. The van der Waals surface area contributed by atoms with Gasteiger partial charge >= 0.3 is 0 Å². The quantitative estimate of drug-likeness (QED) is 0.419. The third kappa shape index (κ3) is 3.73. The first kappa shape index (κ1) is 17.6. The van der Waals surface area contributed by atoms with Gasteiger partial charge in [-0.25, -0.2) is 14.5 Å². The van der Waals surface area contributed by atoms with Gasteiger partial charge in [0.15, 0.2) is 0 Å². The van der Waals surface area contributed by atoms with Crippen LogP contribution < -0.4 is 11.2 Å². The maximum atomic E-state index is 13.1. The Kier molecular flexibility index (Phi) is 4.99. The first-order chi connectivity index (χ1) is 12.5. The van der Waals surface area contributed by atoms with Crippen LogP contribution in [0, 0.1) is 12.7 Å². The Morgan fingerprint density at radius 2 is 1.88 bits per heavy atom. The normalized spacial score (nSPS) is 11.0. The molecule has 132 valence electrons. The van der Waals surface area contributed by atoms with E-state index in [0.717, 1.165) is 0 Å². The number of hydrogen-bond acceptors (Lipinski definition) is 4. The van der Waals surface area contributed by atoms with Gasteiger partial charge in [-0.3, -0.25) is 4.79 Å². The van der Waals surface area contributed by atoms with Crippen LogP contribution in [0.25, 0.3) is 5.69 Å². The van der Waals surface area contributed by atoms with E-state index >= 15 is 0 Å². The van der Waals surface area contributed by atoms with Crippen LogP contribution in [0.5, 0.6) is 0 Å². The van der Waals surface area contributed by atoms with Crippen molar-refractivity contribution < 1.29 is 9.18 Å². The van der Waals surface area contributed by atoms with E-state index in [4.69, 9.17) is 17.3 Å². The van der Waals surface area contributed by atoms with E-state index in [9.17, 15) is 9.18 Å². The summed E-state index contributed by atoms with van der Waals surface area (Å²) in [7, 11) is 0. The van der Waals surface area contributed by atoms with E-state index in [1.165, 1.54) is 23.0 Å². The molecule has 0 atom stereocenters. The lowest BCUT2D eigenvalue weighted by Gasteiger charge is -2.02. The Hall–Kier alpha value is -3.19. The van der Waals surface area contributed by atoms with Gasteiger partial charge in [0.1, 0.15) is 11.0 Å². The maximum absolute atomic E-state index is 13.1. The predicted molar refractivity (Wildman–Crippen MR) is 99.2 cm³/mol. The number of benzene rings is 2. The predicted octanol–water partition coefficient (Wildman–Crippen LogP) is 3.32. The van der Waals surface area contributed by atoms with Crippen molar-refractivity contribution in [3.63, 3.8) is 0 Å². The molecule has 0 fully saturated rings. The Labute approximate surface area is 154 Å². The zero-order valence-corrected chi connectivity index (χ0v) is 14.5. The molecule has 0 aliphatic carbocycles. The standard InChI is InChI=1S/C18H15ClFN5O/c1-11-16(10-22-23-18(26)12-2-6-14(21)7-3-12)17(19)25(24-11)15-8-4-13(20)5-9-15/h2-10H,21H2,1H3,(H,23,26)/b22-10-. The molecule has 8 heteroatoms. The zero-order valence-electron chi connectivity index (χ0n) is 13.8. The van der Waals surface area contributed by atoms with Crippen molar-refractivity contribution >= 4 is 29.4 Å². The zero-order chi connectivity index (χ0) is 18.7. The lowest BCUT2D eigenvalue weighted by atomic mass is 10.2. The number of amides is 1. The second-order valence-corrected chi connectivity index (χ2v) is 5.86. The number of carbonyl (C=O) groups is 1. The number of nitrogens with one attached hydrogen (secondary N) is 1. The second-order valence-electron chi connectivity index (χ2n) is 5.50. The van der Waals surface area contributed by atoms with Crippen molar-refractivity contribution in [2.75, 3.05) is 5.73 Å². The summed E-state index contributed by atoms with van der Waals surface area (Å²) in [5.74, 6) is -0.720. The molecule has 1 aromatic heterocycles. The number of anilines is 1. The Bertz CT molecular complexity index is 964. The van der Waals surface area contributed by atoms with Crippen molar-refractivity contribution in [1.29, 1.82) is 0 Å². The SMILES string of the molecule is Cc1nn(-c2ccc(F)cc2)c(Cl)c1/C=N\NC(=O)c1ccc(N)cc1. The van der Waals surface area contributed by atoms with Crippen LogP contribution >= 0.6 is 11.6 Å². The molecule has 0 aliphatic heterocycles. The number of nitrogen functional groups attached to an aromatic ring is 1. The summed E-state index contributed by atoms with van der Waals surface area (Å²) in [5.41, 5.74) is 10.8. The molecule has 3 rings (SSSR count). The van der Waals surface area contributed by atoms with Gasteiger partial charge in [0.2, 0.25) is 0 Å². The lowest BCUT2D eigenvalue weighted by Crippen LogP contribution is -2.17. The molecule has 26 heavy (non-hydrogen) atoms. The summed E-state index contributed by atoms with van der Waals surface area (Å²) >= 11 is 6.34. The van der Waals surface area contributed by atoms with Crippen LogP contribution in [0.1, 0.15) is 21.6 Å². The Balaban J connectivity index is 1.77. The van der Waals surface area contributed by atoms with Crippen LogP contribution in [0.3, 0.4) is 0 Å². The summed E-state index contributed by atoms with van der Waals surface area (Å²) in [5, 5.41) is 8.55. The van der Waals surface area contributed by atoms with Gasteiger partial charge in [-0.1, -0.05) is 11.6 Å². The molecule has 3 aromatic rings. The molecule has 3 N–H and O–H groups in total. The summed E-state index contributed by atoms with van der Waals surface area (Å²) < 4.78 is 14.5. The summed E-state index contributed by atoms with van der Waals surface area (Å²) in [4.78, 5) is 12.0. The van der Waals surface area contributed by atoms with E-state index in [0.29, 0.717) is 33.3 Å². The van der Waals surface area contributed by atoms with Gasteiger partial charge in [-0.05, 0) is 55.5 Å². The number of halogens is 2. The number of hydrazone groups is 1. The second kappa shape index (κ2) is 7.37. The minimum atomic E-state index is -0.374. The monoisotopic (exact) mass is 371 g/mol. The molecule has 0 saturated heterocycles. The molecule has 0 spiro atoms. The number of nitrogens with two attached hydrogens (primary N) is 1. The molecular formula is C18H15ClFN5O. The molecule has 0 aliphatic rings. The largest absolute Gasteiger partial charge is 0.399 e. The number of aromatic nitrogens is 2. The van der Waals surface area contributed by atoms with Crippen molar-refractivity contribution in [3.8, 4) is 5.69 Å². The Morgan fingerprint density at radius 1 is 1.23 bits per heavy atom. The van der Waals surface area contributed by atoms with Crippen LogP contribution in [0.15, 0.2) is 53.6 Å². The highest BCUT2D eigenvalue weighted by Gasteiger charge is 2.13. The molecule has 6 nitrogen and oxygen atoms in total. The average molecular weight is 372 g/mol. The fourth-order valence-electron chi connectivity index (χ4n) is 2.27. The highest BCUT2D eigenvalue weighted by molar-refractivity contribution is 6.32. The fraction of sp³-hybridized carbons (Fsp3) is 0.0556. The number of nitrogens with zero attached hydrogens (tertiary/aromatic N) is 3. The molecule has 2 aromatic carbocycles. The van der Waals surface area contributed by atoms with Crippen molar-refractivity contribution in [2.24, 2.45) is 5.10 Å². The first-order valence-electron chi connectivity index (χ1n) is 7.65. The van der Waals surface area contributed by atoms with Gasteiger partial charge < -0.3 is 5.73 Å². The third-order valence-corrected chi connectivity index (χ3v) is 4.02. The topological polar surface area (TPSA) is 85.3 Å². The minimum absolute atomic E-state index is 0.305. The first-order valence-corrected chi connectivity index (χ1v) is 8.03.